The lowest BCUT2D eigenvalue weighted by atomic mass is 10.2. The monoisotopic (exact) mass is 223 g/mol. The molecule has 0 bridgehead atoms. The van der Waals surface area contributed by atoms with Crippen molar-refractivity contribution in [3.63, 3.8) is 0 Å². The first-order valence-electron chi connectivity index (χ1n) is 5.19. The predicted molar refractivity (Wildman–Crippen MR) is 60.9 cm³/mol. The average Bonchev–Trinajstić information content (AvgIpc) is 2.35. The highest BCUT2D eigenvalue weighted by Crippen LogP contribution is 2.04. The molecule has 88 valence electrons. The Kier molecular flexibility index (Phi) is 4.79. The van der Waals surface area contributed by atoms with Gasteiger partial charge >= 0.3 is 6.09 Å². The Morgan fingerprint density at radius 3 is 2.62 bits per heavy atom. The maximum Gasteiger partial charge on any atom is 0.410 e. The molecule has 0 saturated heterocycles. The summed E-state index contributed by atoms with van der Waals surface area (Å²) in [4.78, 5) is 12.9. The lowest BCUT2D eigenvalue weighted by molar-refractivity contribution is 0.0803. The third-order valence-electron chi connectivity index (χ3n) is 2.42. The molecule has 0 aliphatic heterocycles. The van der Waals surface area contributed by atoms with E-state index in [1.54, 1.807) is 14.0 Å². The van der Waals surface area contributed by atoms with Crippen LogP contribution in [-0.4, -0.2) is 35.8 Å². The van der Waals surface area contributed by atoms with Gasteiger partial charge in [-0.05, 0) is 12.5 Å². The number of nitrogens with zero attached hydrogens (tertiary/aromatic N) is 1. The van der Waals surface area contributed by atoms with E-state index in [0.717, 1.165) is 5.56 Å². The molecule has 16 heavy (non-hydrogen) atoms. The van der Waals surface area contributed by atoms with Crippen molar-refractivity contribution >= 4 is 6.09 Å². The zero-order valence-corrected chi connectivity index (χ0v) is 9.59. The maximum absolute atomic E-state index is 11.5. The summed E-state index contributed by atoms with van der Waals surface area (Å²) >= 11 is 0. The van der Waals surface area contributed by atoms with Crippen LogP contribution < -0.4 is 0 Å². The van der Waals surface area contributed by atoms with Crippen LogP contribution in [0.15, 0.2) is 30.3 Å². The smallest absolute Gasteiger partial charge is 0.410 e. The molecule has 0 saturated carbocycles. The van der Waals surface area contributed by atoms with Gasteiger partial charge in [0.05, 0.1) is 12.6 Å². The number of rotatable bonds is 4. The standard InChI is InChI=1S/C12H17NO3/c1-10(8-14)13(2)12(15)16-9-11-6-4-3-5-7-11/h3-7,10,14H,8-9H2,1-2H3. The van der Waals surface area contributed by atoms with E-state index in [4.69, 9.17) is 9.84 Å². The molecule has 1 unspecified atom stereocenters. The molecule has 0 spiro atoms. The van der Waals surface area contributed by atoms with Gasteiger partial charge in [0.2, 0.25) is 0 Å². The number of carbonyl (C=O) groups is 1. The minimum absolute atomic E-state index is 0.0725. The molecule has 1 N–H and O–H groups in total. The third-order valence-corrected chi connectivity index (χ3v) is 2.42. The highest BCUT2D eigenvalue weighted by molar-refractivity contribution is 5.67. The van der Waals surface area contributed by atoms with E-state index in [1.165, 1.54) is 4.90 Å². The van der Waals surface area contributed by atoms with E-state index >= 15 is 0 Å². The fourth-order valence-electron chi connectivity index (χ4n) is 1.12. The molecule has 0 aromatic heterocycles. The molecule has 1 atom stereocenters. The SMILES string of the molecule is CC(CO)N(C)C(=O)OCc1ccccc1. The largest absolute Gasteiger partial charge is 0.445 e. The van der Waals surface area contributed by atoms with Gasteiger partial charge in [-0.1, -0.05) is 30.3 Å². The molecular formula is C12H17NO3. The molecule has 0 fully saturated rings. The van der Waals surface area contributed by atoms with Gasteiger partial charge in [-0.3, -0.25) is 0 Å². The van der Waals surface area contributed by atoms with Crippen molar-refractivity contribution in [1.29, 1.82) is 0 Å². The number of ether oxygens (including phenoxy) is 1. The van der Waals surface area contributed by atoms with E-state index in [9.17, 15) is 4.79 Å². The second-order valence-corrected chi connectivity index (χ2v) is 3.68. The van der Waals surface area contributed by atoms with Crippen LogP contribution in [0.1, 0.15) is 12.5 Å². The number of likely N-dealkylation sites (N-methyl/N-ethyl adjacent to an activating group) is 1. The Hall–Kier alpha value is -1.55. The van der Waals surface area contributed by atoms with Crippen LogP contribution in [0.25, 0.3) is 0 Å². The molecule has 1 amide bonds. The number of hydrogen-bond acceptors (Lipinski definition) is 3. The average molecular weight is 223 g/mol. The van der Waals surface area contributed by atoms with Gasteiger partial charge in [0.15, 0.2) is 0 Å². The van der Waals surface area contributed by atoms with Crippen LogP contribution in [0.5, 0.6) is 0 Å². The maximum atomic E-state index is 11.5. The second kappa shape index (κ2) is 6.12. The zero-order chi connectivity index (χ0) is 12.0. The highest BCUT2D eigenvalue weighted by Gasteiger charge is 2.15. The molecule has 1 rings (SSSR count). The van der Waals surface area contributed by atoms with Crippen molar-refractivity contribution in [2.45, 2.75) is 19.6 Å². The fourth-order valence-corrected chi connectivity index (χ4v) is 1.12. The summed E-state index contributed by atoms with van der Waals surface area (Å²) in [5, 5.41) is 8.89. The molecule has 1 aromatic carbocycles. The topological polar surface area (TPSA) is 49.8 Å². The van der Waals surface area contributed by atoms with Crippen molar-refractivity contribution in [3.05, 3.63) is 35.9 Å². The van der Waals surface area contributed by atoms with Crippen molar-refractivity contribution in [2.75, 3.05) is 13.7 Å². The molecule has 0 aliphatic rings. The Morgan fingerprint density at radius 2 is 2.06 bits per heavy atom. The van der Waals surface area contributed by atoms with E-state index in [1.807, 2.05) is 30.3 Å². The normalized spacial score (nSPS) is 11.9. The number of aliphatic hydroxyl groups is 1. The Labute approximate surface area is 95.5 Å². The predicted octanol–water partition coefficient (Wildman–Crippen LogP) is 1.64. The van der Waals surface area contributed by atoms with Crippen LogP contribution in [0.4, 0.5) is 4.79 Å². The minimum atomic E-state index is -0.426. The first-order valence-corrected chi connectivity index (χ1v) is 5.19. The Bertz CT molecular complexity index is 326. The van der Waals surface area contributed by atoms with Crippen LogP contribution in [0, 0.1) is 0 Å². The van der Waals surface area contributed by atoms with Gasteiger partial charge in [0.25, 0.3) is 0 Å². The molecule has 4 heteroatoms. The summed E-state index contributed by atoms with van der Waals surface area (Å²) in [6.07, 6.45) is -0.426. The van der Waals surface area contributed by atoms with E-state index in [-0.39, 0.29) is 19.3 Å². The molecule has 0 aliphatic carbocycles. The van der Waals surface area contributed by atoms with Gasteiger partial charge in [0.1, 0.15) is 6.61 Å². The minimum Gasteiger partial charge on any atom is -0.445 e. The van der Waals surface area contributed by atoms with Crippen LogP contribution in [-0.2, 0) is 11.3 Å². The van der Waals surface area contributed by atoms with E-state index in [2.05, 4.69) is 0 Å². The lowest BCUT2D eigenvalue weighted by Crippen LogP contribution is -2.37. The van der Waals surface area contributed by atoms with Crippen LogP contribution in [0.3, 0.4) is 0 Å². The summed E-state index contributed by atoms with van der Waals surface area (Å²) in [5.41, 5.74) is 0.945. The highest BCUT2D eigenvalue weighted by atomic mass is 16.6. The number of amides is 1. The summed E-state index contributed by atoms with van der Waals surface area (Å²) in [7, 11) is 1.61. The summed E-state index contributed by atoms with van der Waals surface area (Å²) in [6.45, 7) is 1.93. The van der Waals surface area contributed by atoms with Crippen molar-refractivity contribution in [2.24, 2.45) is 0 Å². The van der Waals surface area contributed by atoms with E-state index in [0.29, 0.717) is 0 Å². The van der Waals surface area contributed by atoms with Crippen molar-refractivity contribution in [3.8, 4) is 0 Å². The Balaban J connectivity index is 2.41. The third kappa shape index (κ3) is 3.55. The summed E-state index contributed by atoms with van der Waals surface area (Å²) in [6, 6.07) is 9.24. The van der Waals surface area contributed by atoms with Gasteiger partial charge in [-0.2, -0.15) is 0 Å². The van der Waals surface area contributed by atoms with Gasteiger partial charge < -0.3 is 14.7 Å². The van der Waals surface area contributed by atoms with Crippen molar-refractivity contribution in [1.82, 2.24) is 4.90 Å². The summed E-state index contributed by atoms with van der Waals surface area (Å²) in [5.74, 6) is 0. The van der Waals surface area contributed by atoms with Gasteiger partial charge in [-0.15, -0.1) is 0 Å². The second-order valence-electron chi connectivity index (χ2n) is 3.68. The van der Waals surface area contributed by atoms with Crippen LogP contribution >= 0.6 is 0 Å². The number of benzene rings is 1. The molecule has 4 nitrogen and oxygen atoms in total. The van der Waals surface area contributed by atoms with Crippen LogP contribution in [0.2, 0.25) is 0 Å². The van der Waals surface area contributed by atoms with E-state index < -0.39 is 6.09 Å². The fraction of sp³-hybridized carbons (Fsp3) is 0.417. The molecule has 0 heterocycles. The quantitative estimate of drug-likeness (QED) is 0.844. The van der Waals surface area contributed by atoms with Gasteiger partial charge in [0, 0.05) is 7.05 Å². The molecule has 1 aromatic rings. The molecular weight excluding hydrogens is 206 g/mol. The number of hydrogen-bond donors (Lipinski definition) is 1. The lowest BCUT2D eigenvalue weighted by Gasteiger charge is -2.22. The van der Waals surface area contributed by atoms with Crippen molar-refractivity contribution < 1.29 is 14.6 Å². The first kappa shape index (κ1) is 12.5. The number of aliphatic hydroxyl groups excluding tert-OH is 1. The number of carbonyl (C=O) groups excluding carboxylic acids is 1. The molecule has 0 radical (unpaired) electrons. The first-order chi connectivity index (χ1) is 7.65. The summed E-state index contributed by atoms with van der Waals surface area (Å²) < 4.78 is 5.09. The van der Waals surface area contributed by atoms with Gasteiger partial charge in [-0.25, -0.2) is 4.79 Å². The Morgan fingerprint density at radius 1 is 1.44 bits per heavy atom. The zero-order valence-electron chi connectivity index (χ0n) is 9.59.